The van der Waals surface area contributed by atoms with E-state index in [1.165, 1.54) is 0 Å². The summed E-state index contributed by atoms with van der Waals surface area (Å²) < 4.78 is 10.5. The zero-order chi connectivity index (χ0) is 10.6. The van der Waals surface area contributed by atoms with E-state index in [-0.39, 0.29) is 116 Å². The zero-order valence-corrected chi connectivity index (χ0v) is 41.7. The maximum absolute atomic E-state index is 3.49. The largest absolute Gasteiger partial charge is 2.00 e. The second kappa shape index (κ2) is 40.2. The SMILES string of the molecule is [C-]1=[As][As]=[As][As]1.[C-]1=[As][As]=[As][As]1.[C-]1=[As][As]=[As][As]1.[Cl-].[Cl-].[Cl-].[Zr+2].[Zr+2].[Zr+2]. The molecule has 3 radical (unpaired) electrons. The van der Waals surface area contributed by atoms with E-state index in [1.54, 1.807) is 0 Å². The van der Waals surface area contributed by atoms with Crippen LogP contribution in [0.2, 0.25) is 0 Å². The van der Waals surface area contributed by atoms with Crippen molar-refractivity contribution in [1.82, 2.24) is 0 Å². The Morgan fingerprint density at radius 1 is 0.381 bits per heavy atom. The van der Waals surface area contributed by atoms with Crippen molar-refractivity contribution in [3.05, 3.63) is 0 Å². The molecule has 0 aromatic heterocycles. The van der Waals surface area contributed by atoms with Crippen molar-refractivity contribution in [2.24, 2.45) is 0 Å². The quantitative estimate of drug-likeness (QED) is 0.168. The van der Waals surface area contributed by atoms with Crippen molar-refractivity contribution in [3.63, 3.8) is 0 Å². The Hall–Kier alpha value is 9.83. The molecule has 0 aromatic rings. The van der Waals surface area contributed by atoms with Crippen molar-refractivity contribution >= 4 is 158 Å². The van der Waals surface area contributed by atoms with Crippen molar-refractivity contribution < 1.29 is 116 Å². The van der Waals surface area contributed by atoms with Crippen LogP contribution in [0.15, 0.2) is 0 Å². The minimum Gasteiger partial charge on any atom is -1.00 e. The molecule has 0 spiro atoms. The van der Waals surface area contributed by atoms with E-state index in [4.69, 9.17) is 0 Å². The van der Waals surface area contributed by atoms with Crippen LogP contribution in [-0.4, -0.2) is 158 Å². The van der Waals surface area contributed by atoms with E-state index in [0.29, 0.717) is 0 Å². The fourth-order valence-electron chi connectivity index (χ4n) is 0.300. The first-order chi connectivity index (χ1) is 7.50. The standard InChI is InChI=1S/3CAs4.3ClH.3Zr/c3*1-2-4-5-3-1;;;;;;/h;;;3*1H;;;/q3*-1;;;;3*+2/p-3. The fourth-order valence-corrected chi connectivity index (χ4v) is 219. The van der Waals surface area contributed by atoms with Gasteiger partial charge in [0, 0.05) is 0 Å². The summed E-state index contributed by atoms with van der Waals surface area (Å²) in [5.41, 5.74) is 0. The Morgan fingerprint density at radius 3 is 0.667 bits per heavy atom. The summed E-state index contributed by atoms with van der Waals surface area (Å²) >= 11 is 10.5. The van der Waals surface area contributed by atoms with Crippen LogP contribution >= 0.6 is 0 Å². The summed E-state index contributed by atoms with van der Waals surface area (Å²) in [6.07, 6.45) is 0. The molecule has 0 saturated heterocycles. The monoisotopic (exact) mass is 1310 g/mol. The van der Waals surface area contributed by atoms with Gasteiger partial charge in [0.05, 0.1) is 0 Å². The van der Waals surface area contributed by atoms with Gasteiger partial charge in [0.1, 0.15) is 0 Å². The number of halogens is 3. The molecule has 21 heavy (non-hydrogen) atoms. The maximum Gasteiger partial charge on any atom is 2.00 e. The predicted molar refractivity (Wildman–Crippen MR) is 84.1 cm³/mol. The second-order valence-corrected chi connectivity index (χ2v) is 99.6. The molecule has 0 aromatic carbocycles. The summed E-state index contributed by atoms with van der Waals surface area (Å²) in [5, 5.41) is 0. The summed E-state index contributed by atoms with van der Waals surface area (Å²) in [6.45, 7) is 0. The zero-order valence-electron chi connectivity index (χ0n) is 9.50. The molecule has 3 aliphatic rings. The maximum atomic E-state index is 3.49. The van der Waals surface area contributed by atoms with Crippen LogP contribution in [0.4, 0.5) is 0 Å². The Morgan fingerprint density at radius 2 is 0.619 bits per heavy atom. The first kappa shape index (κ1) is 44.5. The Bertz CT molecular complexity index is 262. The molecular formula is C3As12Cl3Zr3. The summed E-state index contributed by atoms with van der Waals surface area (Å²) in [5.74, 6) is 0. The molecule has 3 aliphatic heterocycles. The Labute approximate surface area is 265 Å². The van der Waals surface area contributed by atoms with Crippen LogP contribution in [0.3, 0.4) is 0 Å². The third kappa shape index (κ3) is 37.5. The molecule has 105 valence electrons. The van der Waals surface area contributed by atoms with Crippen molar-refractivity contribution in [2.45, 2.75) is 0 Å². The minimum atomic E-state index is 0. The topological polar surface area (TPSA) is 0 Å². The van der Waals surface area contributed by atoms with Crippen LogP contribution in [0, 0.1) is 0 Å². The average molecular weight is 1320 g/mol. The molecule has 0 bridgehead atoms. The summed E-state index contributed by atoms with van der Waals surface area (Å²) in [7, 11) is 0. The van der Waals surface area contributed by atoms with E-state index >= 15 is 0 Å². The van der Waals surface area contributed by atoms with E-state index in [9.17, 15) is 0 Å². The smallest absolute Gasteiger partial charge is 1.00 e. The number of rotatable bonds is 0. The van der Waals surface area contributed by atoms with Crippen molar-refractivity contribution in [1.29, 1.82) is 0 Å². The Balaban J connectivity index is -0.0000000352. The van der Waals surface area contributed by atoms with Gasteiger partial charge in [-0.3, -0.25) is 0 Å². The first-order valence-electron chi connectivity index (χ1n) is 3.14. The van der Waals surface area contributed by atoms with Crippen LogP contribution in [0.25, 0.3) is 0 Å². The van der Waals surface area contributed by atoms with Crippen molar-refractivity contribution in [2.75, 3.05) is 0 Å². The van der Waals surface area contributed by atoms with Gasteiger partial charge in [-0.25, -0.2) is 0 Å². The third-order valence-electron chi connectivity index (χ3n) is 0.657. The van der Waals surface area contributed by atoms with Gasteiger partial charge in [-0.15, -0.1) is 0 Å². The molecule has 18 heteroatoms. The van der Waals surface area contributed by atoms with Gasteiger partial charge in [-0.2, -0.15) is 0 Å². The summed E-state index contributed by atoms with van der Waals surface area (Å²) in [6, 6.07) is 0. The molecule has 0 atom stereocenters. The van der Waals surface area contributed by atoms with E-state index in [1.807, 2.05) is 0 Å². The summed E-state index contributed by atoms with van der Waals surface area (Å²) in [4.78, 5) is 0. The van der Waals surface area contributed by atoms with Gasteiger partial charge in [0.2, 0.25) is 0 Å². The molecule has 3 heterocycles. The first-order valence-corrected chi connectivity index (χ1v) is 55.6. The van der Waals surface area contributed by atoms with Gasteiger partial charge in [-0.1, -0.05) is 0 Å². The molecule has 0 nitrogen and oxygen atoms in total. The van der Waals surface area contributed by atoms with Crippen LogP contribution in [0.5, 0.6) is 0 Å². The van der Waals surface area contributed by atoms with Crippen molar-refractivity contribution in [3.8, 4) is 0 Å². The molecular weight excluding hydrogens is 1320 g/mol. The molecule has 0 saturated carbocycles. The number of hydrogen-bond donors (Lipinski definition) is 0. The molecule has 0 amide bonds. The molecule has 3 rings (SSSR count). The van der Waals surface area contributed by atoms with Gasteiger partial charge in [-0.05, 0) is 0 Å². The van der Waals surface area contributed by atoms with Gasteiger partial charge in [0.25, 0.3) is 0 Å². The van der Waals surface area contributed by atoms with Gasteiger partial charge < -0.3 is 37.2 Å². The van der Waals surface area contributed by atoms with Gasteiger partial charge in [0.15, 0.2) is 0 Å². The minimum absolute atomic E-state index is 0. The number of hydrogen-bond acceptors (Lipinski definition) is 0. The van der Waals surface area contributed by atoms with Gasteiger partial charge >= 0.3 is 237 Å². The normalized spacial score (nSPS) is 22.9. The molecule has 0 unspecified atom stereocenters. The van der Waals surface area contributed by atoms with E-state index < -0.39 is 0 Å². The average Bonchev–Trinajstić information content (AvgIpc) is 3.09. The van der Waals surface area contributed by atoms with E-state index in [0.717, 1.165) is 147 Å². The second-order valence-electron chi connectivity index (χ2n) is 1.44. The Kier molecular flexibility index (Phi) is 85.2. The third-order valence-corrected chi connectivity index (χ3v) is 163. The predicted octanol–water partition coefficient (Wildman–Crippen LogP) is -14.4. The van der Waals surface area contributed by atoms with E-state index in [2.05, 4.69) is 10.8 Å². The molecule has 0 fully saturated rings. The molecule has 0 aliphatic carbocycles. The fraction of sp³-hybridized carbons (Fsp3) is 0. The van der Waals surface area contributed by atoms with Crippen LogP contribution < -0.4 is 37.2 Å². The van der Waals surface area contributed by atoms with Crippen LogP contribution in [-0.2, 0) is 78.6 Å². The molecule has 0 N–H and O–H groups in total. The van der Waals surface area contributed by atoms with Crippen LogP contribution in [0.1, 0.15) is 0 Å².